The van der Waals surface area contributed by atoms with Crippen LogP contribution in [0.4, 0.5) is 0 Å². The third-order valence-electron chi connectivity index (χ3n) is 3.54. The quantitative estimate of drug-likeness (QED) is 0.749. The van der Waals surface area contributed by atoms with Gasteiger partial charge >= 0.3 is 5.97 Å². The molecule has 0 saturated heterocycles. The summed E-state index contributed by atoms with van der Waals surface area (Å²) < 4.78 is 5.29. The van der Waals surface area contributed by atoms with Gasteiger partial charge < -0.3 is 9.72 Å². The SMILES string of the molecule is N#Cc1ccccc1COC(=O)Cc1c[nH]c2ccccc12. The maximum atomic E-state index is 12.0. The molecule has 2 aromatic carbocycles. The summed E-state index contributed by atoms with van der Waals surface area (Å²) in [5.74, 6) is -0.308. The molecule has 4 nitrogen and oxygen atoms in total. The third-order valence-corrected chi connectivity index (χ3v) is 3.54. The second-order valence-corrected chi connectivity index (χ2v) is 4.97. The maximum absolute atomic E-state index is 12.0. The molecule has 0 spiro atoms. The van der Waals surface area contributed by atoms with E-state index < -0.39 is 0 Å². The highest BCUT2D eigenvalue weighted by Crippen LogP contribution is 2.18. The van der Waals surface area contributed by atoms with Crippen molar-refractivity contribution in [3.63, 3.8) is 0 Å². The molecule has 1 heterocycles. The Labute approximate surface area is 128 Å². The number of fused-ring (bicyclic) bond motifs is 1. The minimum atomic E-state index is -0.308. The predicted molar refractivity (Wildman–Crippen MR) is 83.0 cm³/mol. The van der Waals surface area contributed by atoms with Gasteiger partial charge in [-0.15, -0.1) is 0 Å². The number of carbonyl (C=O) groups excluding carboxylic acids is 1. The van der Waals surface area contributed by atoms with Crippen LogP contribution in [0.5, 0.6) is 0 Å². The van der Waals surface area contributed by atoms with Crippen molar-refractivity contribution in [2.45, 2.75) is 13.0 Å². The molecule has 0 aliphatic heterocycles. The first kappa shape index (κ1) is 13.9. The lowest BCUT2D eigenvalue weighted by Crippen LogP contribution is -2.08. The normalized spacial score (nSPS) is 10.3. The van der Waals surface area contributed by atoms with E-state index in [4.69, 9.17) is 10.00 Å². The maximum Gasteiger partial charge on any atom is 0.310 e. The molecule has 108 valence electrons. The predicted octanol–water partition coefficient (Wildman–Crippen LogP) is 3.33. The Hall–Kier alpha value is -3.06. The van der Waals surface area contributed by atoms with Crippen LogP contribution in [0.15, 0.2) is 54.7 Å². The van der Waals surface area contributed by atoms with Crippen LogP contribution >= 0.6 is 0 Å². The summed E-state index contributed by atoms with van der Waals surface area (Å²) in [4.78, 5) is 15.1. The fourth-order valence-corrected chi connectivity index (χ4v) is 2.40. The number of rotatable bonds is 4. The van der Waals surface area contributed by atoms with Crippen molar-refractivity contribution < 1.29 is 9.53 Å². The van der Waals surface area contributed by atoms with Crippen molar-refractivity contribution in [2.24, 2.45) is 0 Å². The van der Waals surface area contributed by atoms with E-state index in [0.29, 0.717) is 5.56 Å². The van der Waals surface area contributed by atoms with Gasteiger partial charge in [0.15, 0.2) is 0 Å². The molecule has 22 heavy (non-hydrogen) atoms. The van der Waals surface area contributed by atoms with E-state index >= 15 is 0 Å². The molecule has 0 unspecified atom stereocenters. The second-order valence-electron chi connectivity index (χ2n) is 4.97. The van der Waals surface area contributed by atoms with Crippen LogP contribution in [0.25, 0.3) is 10.9 Å². The Morgan fingerprint density at radius 3 is 2.73 bits per heavy atom. The first-order valence-electron chi connectivity index (χ1n) is 6.96. The van der Waals surface area contributed by atoms with Gasteiger partial charge in [0, 0.05) is 22.7 Å². The highest BCUT2D eigenvalue weighted by molar-refractivity contribution is 5.87. The molecule has 3 rings (SSSR count). The smallest absolute Gasteiger partial charge is 0.310 e. The van der Waals surface area contributed by atoms with E-state index in [2.05, 4.69) is 11.1 Å². The molecule has 0 bridgehead atoms. The number of esters is 1. The monoisotopic (exact) mass is 290 g/mol. The van der Waals surface area contributed by atoms with Crippen molar-refractivity contribution in [1.82, 2.24) is 4.98 Å². The van der Waals surface area contributed by atoms with Gasteiger partial charge in [-0.1, -0.05) is 36.4 Å². The number of aromatic nitrogens is 1. The van der Waals surface area contributed by atoms with E-state index in [1.807, 2.05) is 36.5 Å². The zero-order valence-electron chi connectivity index (χ0n) is 11.9. The van der Waals surface area contributed by atoms with Crippen LogP contribution < -0.4 is 0 Å². The van der Waals surface area contributed by atoms with Crippen molar-refractivity contribution in [1.29, 1.82) is 5.26 Å². The van der Waals surface area contributed by atoms with E-state index in [9.17, 15) is 4.79 Å². The molecule has 0 radical (unpaired) electrons. The van der Waals surface area contributed by atoms with Gasteiger partial charge in [0.25, 0.3) is 0 Å². The van der Waals surface area contributed by atoms with Crippen LogP contribution in [0, 0.1) is 11.3 Å². The molecule has 0 saturated carbocycles. The van der Waals surface area contributed by atoms with Crippen LogP contribution in [-0.4, -0.2) is 11.0 Å². The molecule has 0 atom stereocenters. The highest BCUT2D eigenvalue weighted by atomic mass is 16.5. The Balaban J connectivity index is 1.67. The van der Waals surface area contributed by atoms with Gasteiger partial charge in [-0.05, 0) is 17.7 Å². The number of hydrogen-bond acceptors (Lipinski definition) is 3. The number of aromatic amines is 1. The number of H-pyrrole nitrogens is 1. The molecule has 0 amide bonds. The lowest BCUT2D eigenvalue weighted by Gasteiger charge is -2.06. The number of hydrogen-bond donors (Lipinski definition) is 1. The lowest BCUT2D eigenvalue weighted by molar-refractivity contribution is -0.144. The Morgan fingerprint density at radius 1 is 1.09 bits per heavy atom. The fourth-order valence-electron chi connectivity index (χ4n) is 2.40. The summed E-state index contributed by atoms with van der Waals surface area (Å²) >= 11 is 0. The molecule has 0 aliphatic rings. The van der Waals surface area contributed by atoms with E-state index in [-0.39, 0.29) is 19.0 Å². The zero-order valence-corrected chi connectivity index (χ0v) is 11.9. The van der Waals surface area contributed by atoms with E-state index in [1.54, 1.807) is 18.2 Å². The van der Waals surface area contributed by atoms with Gasteiger partial charge in [-0.2, -0.15) is 5.26 Å². The van der Waals surface area contributed by atoms with Crippen LogP contribution in [0.1, 0.15) is 16.7 Å². The number of nitrogens with zero attached hydrogens (tertiary/aromatic N) is 1. The van der Waals surface area contributed by atoms with Crippen LogP contribution in [0.3, 0.4) is 0 Å². The summed E-state index contributed by atoms with van der Waals surface area (Å²) in [6.45, 7) is 0.116. The highest BCUT2D eigenvalue weighted by Gasteiger charge is 2.10. The van der Waals surface area contributed by atoms with Crippen LogP contribution in [0.2, 0.25) is 0 Å². The van der Waals surface area contributed by atoms with Gasteiger partial charge in [-0.3, -0.25) is 4.79 Å². The summed E-state index contributed by atoms with van der Waals surface area (Å²) in [5.41, 5.74) is 3.16. The Bertz CT molecular complexity index is 859. The minimum Gasteiger partial charge on any atom is -0.461 e. The summed E-state index contributed by atoms with van der Waals surface area (Å²) in [6.07, 6.45) is 2.04. The van der Waals surface area contributed by atoms with Crippen molar-refractivity contribution in [2.75, 3.05) is 0 Å². The van der Waals surface area contributed by atoms with Crippen LogP contribution in [-0.2, 0) is 22.6 Å². The standard InChI is InChI=1S/C18H14N2O2/c19-10-13-5-1-2-6-14(13)12-22-18(21)9-15-11-20-17-8-4-3-7-16(15)17/h1-8,11,20H,9,12H2. The molecule has 0 fully saturated rings. The number of nitriles is 1. The van der Waals surface area contributed by atoms with Gasteiger partial charge in [0.05, 0.1) is 18.1 Å². The average Bonchev–Trinajstić information content (AvgIpc) is 2.96. The average molecular weight is 290 g/mol. The summed E-state index contributed by atoms with van der Waals surface area (Å²) in [7, 11) is 0. The molecular weight excluding hydrogens is 276 g/mol. The van der Waals surface area contributed by atoms with Gasteiger partial charge in [-0.25, -0.2) is 0 Å². The van der Waals surface area contributed by atoms with Gasteiger partial charge in [0.1, 0.15) is 6.61 Å². The number of carbonyl (C=O) groups is 1. The van der Waals surface area contributed by atoms with E-state index in [0.717, 1.165) is 22.0 Å². The zero-order chi connectivity index (χ0) is 15.4. The van der Waals surface area contributed by atoms with Crippen molar-refractivity contribution in [3.8, 4) is 6.07 Å². The summed E-state index contributed by atoms with van der Waals surface area (Å²) in [5, 5.41) is 10.0. The first-order chi connectivity index (χ1) is 10.8. The molecule has 4 heteroatoms. The molecule has 1 aromatic heterocycles. The van der Waals surface area contributed by atoms with Gasteiger partial charge in [0.2, 0.25) is 0 Å². The third kappa shape index (κ3) is 2.84. The Kier molecular flexibility index (Phi) is 3.88. The minimum absolute atomic E-state index is 0.116. The number of ether oxygens (including phenoxy) is 1. The molecule has 1 N–H and O–H groups in total. The van der Waals surface area contributed by atoms with Crippen molar-refractivity contribution in [3.05, 3.63) is 71.4 Å². The second kappa shape index (κ2) is 6.15. The topological polar surface area (TPSA) is 65.9 Å². The fraction of sp³-hybridized carbons (Fsp3) is 0.111. The van der Waals surface area contributed by atoms with Crippen molar-refractivity contribution >= 4 is 16.9 Å². The van der Waals surface area contributed by atoms with E-state index in [1.165, 1.54) is 0 Å². The summed E-state index contributed by atoms with van der Waals surface area (Å²) in [6, 6.07) is 17.0. The molecule has 0 aliphatic carbocycles. The molecule has 3 aromatic rings. The largest absolute Gasteiger partial charge is 0.461 e. The number of nitrogens with one attached hydrogen (secondary N) is 1. The molecular formula is C18H14N2O2. The number of para-hydroxylation sites is 1. The first-order valence-corrected chi connectivity index (χ1v) is 6.96. The Morgan fingerprint density at radius 2 is 1.86 bits per heavy atom. The lowest BCUT2D eigenvalue weighted by atomic mass is 10.1. The number of benzene rings is 2.